The molecule has 2 aromatic rings. The van der Waals surface area contributed by atoms with Crippen LogP contribution in [0.4, 0.5) is 8.78 Å². The number of benzene rings is 1. The van der Waals surface area contributed by atoms with Crippen LogP contribution in [0.2, 0.25) is 0 Å². The molecule has 112 valence electrons. The van der Waals surface area contributed by atoms with Crippen LogP contribution in [0.5, 0.6) is 0 Å². The fraction of sp³-hybridized carbons (Fsp3) is 0.400. The molecular weight excluding hydrogens is 278 g/mol. The van der Waals surface area contributed by atoms with E-state index in [9.17, 15) is 13.9 Å². The van der Waals surface area contributed by atoms with Crippen molar-refractivity contribution in [3.63, 3.8) is 0 Å². The first kappa shape index (κ1) is 14.2. The molecule has 6 heteroatoms. The van der Waals surface area contributed by atoms with Gasteiger partial charge in [0.25, 0.3) is 0 Å². The Morgan fingerprint density at radius 2 is 2.19 bits per heavy atom. The first-order valence-electron chi connectivity index (χ1n) is 6.82. The Kier molecular flexibility index (Phi) is 3.73. The number of hydrogen-bond acceptors (Lipinski definition) is 4. The van der Waals surface area contributed by atoms with Gasteiger partial charge in [-0.3, -0.25) is 4.90 Å². The molecule has 1 aromatic carbocycles. The van der Waals surface area contributed by atoms with Crippen LogP contribution >= 0.6 is 0 Å². The number of halogens is 2. The maximum atomic E-state index is 14.0. The molecule has 2 heterocycles. The SMILES string of the molecule is Cc1cc(CN2C[C@@H](O)C[C@@H]2c2cc(F)ccc2F)no1. The van der Waals surface area contributed by atoms with E-state index in [0.717, 1.165) is 12.1 Å². The molecule has 0 amide bonds. The molecule has 4 nitrogen and oxygen atoms in total. The zero-order chi connectivity index (χ0) is 15.0. The number of aliphatic hydroxyl groups excluding tert-OH is 1. The molecule has 1 aromatic heterocycles. The van der Waals surface area contributed by atoms with E-state index in [1.54, 1.807) is 13.0 Å². The highest BCUT2D eigenvalue weighted by Gasteiger charge is 2.34. The minimum atomic E-state index is -0.564. The van der Waals surface area contributed by atoms with Crippen molar-refractivity contribution in [3.05, 3.63) is 52.9 Å². The van der Waals surface area contributed by atoms with Crippen LogP contribution in [-0.4, -0.2) is 27.8 Å². The van der Waals surface area contributed by atoms with Gasteiger partial charge in [-0.15, -0.1) is 0 Å². The standard InChI is InChI=1S/C15H16F2N2O2/c1-9-4-11(18-21-9)7-19-8-12(20)6-15(19)13-5-10(16)2-3-14(13)17/h2-5,12,15,20H,6-8H2,1H3/t12-,15+/m0/s1. The molecule has 3 rings (SSSR count). The number of rotatable bonds is 3. The van der Waals surface area contributed by atoms with Gasteiger partial charge in [0.15, 0.2) is 0 Å². The predicted molar refractivity (Wildman–Crippen MR) is 71.4 cm³/mol. The predicted octanol–water partition coefficient (Wildman–Crippen LogP) is 2.57. The maximum Gasteiger partial charge on any atom is 0.133 e. The Morgan fingerprint density at radius 1 is 1.38 bits per heavy atom. The van der Waals surface area contributed by atoms with Crippen LogP contribution in [0, 0.1) is 18.6 Å². The summed E-state index contributed by atoms with van der Waals surface area (Å²) in [4.78, 5) is 1.89. The maximum absolute atomic E-state index is 14.0. The van der Waals surface area contributed by atoms with Gasteiger partial charge in [0.05, 0.1) is 11.8 Å². The number of aromatic nitrogens is 1. The van der Waals surface area contributed by atoms with Gasteiger partial charge in [-0.2, -0.15) is 0 Å². The molecule has 0 bridgehead atoms. The molecule has 0 unspecified atom stereocenters. The normalized spacial score (nSPS) is 22.9. The van der Waals surface area contributed by atoms with Gasteiger partial charge in [-0.25, -0.2) is 8.78 Å². The highest BCUT2D eigenvalue weighted by molar-refractivity contribution is 5.24. The van der Waals surface area contributed by atoms with Crippen LogP contribution in [0.1, 0.15) is 29.5 Å². The van der Waals surface area contributed by atoms with Gasteiger partial charge in [-0.05, 0) is 31.5 Å². The van der Waals surface area contributed by atoms with E-state index in [1.165, 1.54) is 6.07 Å². The lowest BCUT2D eigenvalue weighted by Crippen LogP contribution is -2.25. The lowest BCUT2D eigenvalue weighted by Gasteiger charge is -2.23. The number of aliphatic hydroxyl groups is 1. The van der Waals surface area contributed by atoms with E-state index in [4.69, 9.17) is 4.52 Å². The van der Waals surface area contributed by atoms with E-state index >= 15 is 0 Å². The van der Waals surface area contributed by atoms with Crippen LogP contribution in [0.25, 0.3) is 0 Å². The number of β-amino-alcohol motifs (C(OH)–C–C–N with tert-alkyl or cyclic N) is 1. The minimum Gasteiger partial charge on any atom is -0.392 e. The first-order chi connectivity index (χ1) is 10.0. The Bertz CT molecular complexity index is 644. The van der Waals surface area contributed by atoms with Gasteiger partial charge < -0.3 is 9.63 Å². The average Bonchev–Trinajstić information content (AvgIpc) is 2.99. The van der Waals surface area contributed by atoms with Crippen molar-refractivity contribution in [1.82, 2.24) is 10.1 Å². The number of aryl methyl sites for hydroxylation is 1. The summed E-state index contributed by atoms with van der Waals surface area (Å²) in [5.74, 6) is -0.250. The Hall–Kier alpha value is -1.79. The third-order valence-electron chi connectivity index (χ3n) is 3.74. The van der Waals surface area contributed by atoms with E-state index in [1.807, 2.05) is 4.90 Å². The molecule has 1 fully saturated rings. The largest absolute Gasteiger partial charge is 0.392 e. The monoisotopic (exact) mass is 294 g/mol. The smallest absolute Gasteiger partial charge is 0.133 e. The second kappa shape index (κ2) is 5.54. The minimum absolute atomic E-state index is 0.270. The van der Waals surface area contributed by atoms with Crippen molar-refractivity contribution in [2.24, 2.45) is 0 Å². The third kappa shape index (κ3) is 2.96. The fourth-order valence-corrected chi connectivity index (χ4v) is 2.85. The summed E-state index contributed by atoms with van der Waals surface area (Å²) in [5.41, 5.74) is 0.982. The fourth-order valence-electron chi connectivity index (χ4n) is 2.85. The number of nitrogens with zero attached hydrogens (tertiary/aromatic N) is 2. The van der Waals surface area contributed by atoms with E-state index in [-0.39, 0.29) is 11.6 Å². The van der Waals surface area contributed by atoms with Crippen LogP contribution < -0.4 is 0 Å². The van der Waals surface area contributed by atoms with E-state index in [0.29, 0.717) is 31.0 Å². The van der Waals surface area contributed by atoms with E-state index < -0.39 is 17.7 Å². The summed E-state index contributed by atoms with van der Waals surface area (Å²) >= 11 is 0. The quantitative estimate of drug-likeness (QED) is 0.945. The van der Waals surface area contributed by atoms with Crippen molar-refractivity contribution in [3.8, 4) is 0 Å². The van der Waals surface area contributed by atoms with Crippen molar-refractivity contribution < 1.29 is 18.4 Å². The molecule has 1 N–H and O–H groups in total. The first-order valence-corrected chi connectivity index (χ1v) is 6.82. The molecule has 0 spiro atoms. The molecule has 0 radical (unpaired) electrons. The summed E-state index contributed by atoms with van der Waals surface area (Å²) in [5, 5.41) is 13.8. The van der Waals surface area contributed by atoms with Crippen molar-refractivity contribution >= 4 is 0 Å². The van der Waals surface area contributed by atoms with Gasteiger partial charge in [-0.1, -0.05) is 5.16 Å². The van der Waals surface area contributed by atoms with Crippen LogP contribution in [0.15, 0.2) is 28.8 Å². The average molecular weight is 294 g/mol. The van der Waals surface area contributed by atoms with Crippen molar-refractivity contribution in [1.29, 1.82) is 0 Å². The summed E-state index contributed by atoms with van der Waals surface area (Å²) in [6.45, 7) is 2.61. The lowest BCUT2D eigenvalue weighted by atomic mass is 10.0. The number of likely N-dealkylation sites (tertiary alicyclic amines) is 1. The molecule has 1 aliphatic rings. The summed E-state index contributed by atoms with van der Waals surface area (Å²) in [7, 11) is 0. The summed E-state index contributed by atoms with van der Waals surface area (Å²) < 4.78 is 32.3. The van der Waals surface area contributed by atoms with Crippen LogP contribution in [0.3, 0.4) is 0 Å². The van der Waals surface area contributed by atoms with E-state index in [2.05, 4.69) is 5.16 Å². The lowest BCUT2D eigenvalue weighted by molar-refractivity contribution is 0.171. The second-order valence-corrected chi connectivity index (χ2v) is 5.43. The Labute approximate surface area is 121 Å². The molecule has 1 aliphatic heterocycles. The zero-order valence-corrected chi connectivity index (χ0v) is 11.6. The molecule has 21 heavy (non-hydrogen) atoms. The molecule has 1 saturated heterocycles. The Balaban J connectivity index is 1.86. The molecule has 0 aliphatic carbocycles. The summed E-state index contributed by atoms with van der Waals surface area (Å²) in [6.07, 6.45) is -0.192. The Morgan fingerprint density at radius 3 is 2.90 bits per heavy atom. The van der Waals surface area contributed by atoms with Gasteiger partial charge in [0.2, 0.25) is 0 Å². The van der Waals surface area contributed by atoms with Crippen molar-refractivity contribution in [2.45, 2.75) is 32.0 Å². The zero-order valence-electron chi connectivity index (χ0n) is 11.6. The topological polar surface area (TPSA) is 49.5 Å². The molecule has 2 atom stereocenters. The second-order valence-electron chi connectivity index (χ2n) is 5.43. The molecule has 0 saturated carbocycles. The van der Waals surface area contributed by atoms with Crippen LogP contribution in [-0.2, 0) is 6.54 Å². The third-order valence-corrected chi connectivity index (χ3v) is 3.74. The highest BCUT2D eigenvalue weighted by atomic mass is 19.1. The summed E-state index contributed by atoms with van der Waals surface area (Å²) in [6, 6.07) is 4.83. The van der Waals surface area contributed by atoms with Gasteiger partial charge in [0, 0.05) is 30.8 Å². The molecular formula is C15H16F2N2O2. The van der Waals surface area contributed by atoms with Crippen molar-refractivity contribution in [2.75, 3.05) is 6.54 Å². The van der Waals surface area contributed by atoms with Gasteiger partial charge >= 0.3 is 0 Å². The highest BCUT2D eigenvalue weighted by Crippen LogP contribution is 2.35. The van der Waals surface area contributed by atoms with Gasteiger partial charge in [0.1, 0.15) is 17.4 Å². The number of hydrogen-bond donors (Lipinski definition) is 1.